The number of carbonyl (C=O) groups is 1. The van der Waals surface area contributed by atoms with Gasteiger partial charge in [0.15, 0.2) is 0 Å². The summed E-state index contributed by atoms with van der Waals surface area (Å²) >= 11 is 8.38. The van der Waals surface area contributed by atoms with E-state index in [4.69, 9.17) is 0 Å². The number of nitrogens with zero attached hydrogens (tertiary/aromatic N) is 1. The lowest BCUT2D eigenvalue weighted by Crippen LogP contribution is -2.37. The third-order valence-electron chi connectivity index (χ3n) is 3.53. The summed E-state index contributed by atoms with van der Waals surface area (Å²) in [5.41, 5.74) is 0. The van der Waals surface area contributed by atoms with Gasteiger partial charge in [-0.2, -0.15) is 0 Å². The molecule has 1 aliphatic carbocycles. The molecule has 2 unspecified atom stereocenters. The van der Waals surface area contributed by atoms with E-state index in [9.17, 15) is 4.79 Å². The van der Waals surface area contributed by atoms with Gasteiger partial charge >= 0.3 is 0 Å². The molecule has 2 bridgehead atoms. The number of carbonyl (C=O) groups excluding carboxylic acids is 1. The van der Waals surface area contributed by atoms with Gasteiger partial charge in [0.1, 0.15) is 0 Å². The van der Waals surface area contributed by atoms with Crippen molar-refractivity contribution in [2.45, 2.75) is 25.3 Å². The maximum Gasteiger partial charge on any atom is 0.264 e. The number of amides is 1. The average molecular weight is 365 g/mol. The number of fused-ring (bicyclic) bond motifs is 2. The second kappa shape index (κ2) is 4.10. The van der Waals surface area contributed by atoms with Crippen molar-refractivity contribution < 1.29 is 4.79 Å². The van der Waals surface area contributed by atoms with Crippen LogP contribution in [0.4, 0.5) is 0 Å². The smallest absolute Gasteiger partial charge is 0.264 e. The van der Waals surface area contributed by atoms with Crippen LogP contribution in [0.3, 0.4) is 0 Å². The van der Waals surface area contributed by atoms with Crippen molar-refractivity contribution in [1.29, 1.82) is 0 Å². The molecule has 2 heterocycles. The molecule has 16 heavy (non-hydrogen) atoms. The van der Waals surface area contributed by atoms with Crippen LogP contribution in [0.15, 0.2) is 14.3 Å². The molecule has 0 spiro atoms. The highest BCUT2D eigenvalue weighted by Crippen LogP contribution is 2.40. The lowest BCUT2D eigenvalue weighted by atomic mass is 10.1. The Morgan fingerprint density at radius 2 is 2.25 bits per heavy atom. The van der Waals surface area contributed by atoms with Crippen molar-refractivity contribution in [2.24, 2.45) is 5.92 Å². The van der Waals surface area contributed by atoms with Gasteiger partial charge < -0.3 is 4.90 Å². The first kappa shape index (κ1) is 11.2. The molecule has 2 nitrogen and oxygen atoms in total. The zero-order chi connectivity index (χ0) is 11.3. The van der Waals surface area contributed by atoms with Crippen molar-refractivity contribution in [3.05, 3.63) is 19.2 Å². The Kier molecular flexibility index (Phi) is 2.88. The van der Waals surface area contributed by atoms with E-state index in [1.807, 2.05) is 6.07 Å². The van der Waals surface area contributed by atoms with E-state index in [2.05, 4.69) is 36.8 Å². The van der Waals surface area contributed by atoms with Crippen molar-refractivity contribution in [3.8, 4) is 0 Å². The van der Waals surface area contributed by atoms with Crippen molar-refractivity contribution in [1.82, 2.24) is 4.90 Å². The highest BCUT2D eigenvalue weighted by Gasteiger charge is 2.40. The number of thiophene rings is 1. The van der Waals surface area contributed by atoms with Gasteiger partial charge in [0, 0.05) is 17.1 Å². The van der Waals surface area contributed by atoms with Crippen LogP contribution in [-0.2, 0) is 0 Å². The van der Waals surface area contributed by atoms with Crippen LogP contribution in [-0.4, -0.2) is 23.4 Å². The van der Waals surface area contributed by atoms with Crippen LogP contribution in [0.5, 0.6) is 0 Å². The lowest BCUT2D eigenvalue weighted by Gasteiger charge is -2.26. The van der Waals surface area contributed by atoms with E-state index in [0.29, 0.717) is 6.04 Å². The lowest BCUT2D eigenvalue weighted by molar-refractivity contribution is 0.0708. The first-order chi connectivity index (χ1) is 7.65. The van der Waals surface area contributed by atoms with Crippen LogP contribution in [0, 0.1) is 5.92 Å². The minimum atomic E-state index is 0.212. The van der Waals surface area contributed by atoms with Crippen LogP contribution in [0.25, 0.3) is 0 Å². The summed E-state index contributed by atoms with van der Waals surface area (Å²) < 4.78 is 1.98. The number of hydrogen-bond donors (Lipinski definition) is 0. The zero-order valence-electron chi connectivity index (χ0n) is 8.58. The average Bonchev–Trinajstić information content (AvgIpc) is 2.94. The summed E-state index contributed by atoms with van der Waals surface area (Å²) in [4.78, 5) is 15.2. The Morgan fingerprint density at radius 1 is 1.44 bits per heavy atom. The van der Waals surface area contributed by atoms with Gasteiger partial charge in [0.05, 0.1) is 8.66 Å². The fourth-order valence-electron chi connectivity index (χ4n) is 2.77. The highest BCUT2D eigenvalue weighted by molar-refractivity contribution is 9.13. The number of rotatable bonds is 1. The summed E-state index contributed by atoms with van der Waals surface area (Å²) in [7, 11) is 0. The van der Waals surface area contributed by atoms with Gasteiger partial charge in [-0.15, -0.1) is 11.3 Å². The maximum atomic E-state index is 12.3. The second-order valence-corrected chi connectivity index (χ2v) is 7.75. The van der Waals surface area contributed by atoms with Crippen LogP contribution in [0.1, 0.15) is 28.9 Å². The molecule has 0 aromatic carbocycles. The number of hydrogen-bond acceptors (Lipinski definition) is 2. The van der Waals surface area contributed by atoms with E-state index in [-0.39, 0.29) is 5.91 Å². The first-order valence-corrected chi connectivity index (χ1v) is 7.81. The topological polar surface area (TPSA) is 20.3 Å². The Hall–Kier alpha value is 0.130. The van der Waals surface area contributed by atoms with Gasteiger partial charge in [-0.25, -0.2) is 0 Å². The van der Waals surface area contributed by atoms with Gasteiger partial charge in [-0.05, 0) is 63.1 Å². The molecule has 1 aromatic heterocycles. The zero-order valence-corrected chi connectivity index (χ0v) is 12.6. The Labute approximate surface area is 115 Å². The molecular formula is C11H11Br2NOS. The molecule has 1 amide bonds. The minimum absolute atomic E-state index is 0.212. The molecule has 86 valence electrons. The van der Waals surface area contributed by atoms with E-state index in [1.165, 1.54) is 30.6 Å². The Balaban J connectivity index is 1.83. The highest BCUT2D eigenvalue weighted by atomic mass is 79.9. The van der Waals surface area contributed by atoms with Crippen molar-refractivity contribution in [2.75, 3.05) is 6.54 Å². The fraction of sp³-hybridized carbons (Fsp3) is 0.545. The maximum absolute atomic E-state index is 12.3. The van der Waals surface area contributed by atoms with Crippen molar-refractivity contribution >= 4 is 49.1 Å². The molecule has 2 atom stereocenters. The monoisotopic (exact) mass is 363 g/mol. The van der Waals surface area contributed by atoms with Crippen LogP contribution < -0.4 is 0 Å². The van der Waals surface area contributed by atoms with Gasteiger partial charge in [0.2, 0.25) is 0 Å². The summed E-state index contributed by atoms with van der Waals surface area (Å²) in [5.74, 6) is 0.976. The molecule has 2 fully saturated rings. The second-order valence-electron chi connectivity index (χ2n) is 4.52. The largest absolute Gasteiger partial charge is 0.335 e. The predicted octanol–water partition coefficient (Wildman–Crippen LogP) is 3.90. The molecule has 2 aliphatic rings. The Bertz CT molecular complexity index is 426. The first-order valence-electron chi connectivity index (χ1n) is 5.41. The van der Waals surface area contributed by atoms with Gasteiger partial charge in [-0.3, -0.25) is 4.79 Å². The summed E-state index contributed by atoms with van der Waals surface area (Å²) in [6.07, 6.45) is 3.73. The summed E-state index contributed by atoms with van der Waals surface area (Å²) in [6.45, 7) is 0.969. The number of piperidine rings is 1. The third kappa shape index (κ3) is 1.77. The standard InChI is InChI=1S/C11H11Br2NOS/c12-8-4-9(16-10(8)13)11(15)14-5-6-1-2-7(14)3-6/h4,6-7H,1-3,5H2. The SMILES string of the molecule is O=C(c1cc(Br)c(Br)s1)N1CC2CCC1C2. The minimum Gasteiger partial charge on any atom is -0.335 e. The fourth-order valence-corrected chi connectivity index (χ4v) is 4.76. The molecule has 1 aliphatic heterocycles. The molecule has 1 aromatic rings. The molecular weight excluding hydrogens is 354 g/mol. The molecule has 0 N–H and O–H groups in total. The van der Waals surface area contributed by atoms with E-state index in [0.717, 1.165) is 25.6 Å². The molecule has 0 radical (unpaired) electrons. The normalized spacial score (nSPS) is 27.8. The summed E-state index contributed by atoms with van der Waals surface area (Å²) in [6, 6.07) is 2.43. The van der Waals surface area contributed by atoms with E-state index < -0.39 is 0 Å². The van der Waals surface area contributed by atoms with E-state index >= 15 is 0 Å². The number of likely N-dealkylation sites (tertiary alicyclic amines) is 1. The predicted molar refractivity (Wildman–Crippen MR) is 71.9 cm³/mol. The molecule has 1 saturated carbocycles. The summed E-state index contributed by atoms with van der Waals surface area (Å²) in [5, 5.41) is 0. The molecule has 1 saturated heterocycles. The number of halogens is 2. The van der Waals surface area contributed by atoms with Gasteiger partial charge in [-0.1, -0.05) is 0 Å². The van der Waals surface area contributed by atoms with Crippen LogP contribution >= 0.6 is 43.2 Å². The molecule has 3 rings (SSSR count). The third-order valence-corrected chi connectivity index (χ3v) is 6.77. The molecule has 5 heteroatoms. The van der Waals surface area contributed by atoms with E-state index in [1.54, 1.807) is 0 Å². The Morgan fingerprint density at radius 3 is 2.75 bits per heavy atom. The quantitative estimate of drug-likeness (QED) is 0.740. The van der Waals surface area contributed by atoms with Gasteiger partial charge in [0.25, 0.3) is 5.91 Å². The van der Waals surface area contributed by atoms with Crippen molar-refractivity contribution in [3.63, 3.8) is 0 Å². The van der Waals surface area contributed by atoms with Crippen LogP contribution in [0.2, 0.25) is 0 Å².